The summed E-state index contributed by atoms with van der Waals surface area (Å²) in [4.78, 5) is 38.4. The second kappa shape index (κ2) is 9.19. The number of hydrogen-bond acceptors (Lipinski definition) is 6. The van der Waals surface area contributed by atoms with Gasteiger partial charge in [0, 0.05) is 12.1 Å². The van der Waals surface area contributed by atoms with Gasteiger partial charge in [0.05, 0.1) is 24.1 Å². The number of carbonyl (C=O) groups excluding carboxylic acids is 3. The number of ketones is 1. The summed E-state index contributed by atoms with van der Waals surface area (Å²) in [6, 6.07) is 14.9. The van der Waals surface area contributed by atoms with Crippen LogP contribution in [0.15, 0.2) is 60.7 Å². The van der Waals surface area contributed by atoms with Crippen LogP contribution in [0.3, 0.4) is 0 Å². The highest BCUT2D eigenvalue weighted by molar-refractivity contribution is 7.90. The molecule has 0 aromatic heterocycles. The first-order valence-corrected chi connectivity index (χ1v) is 11.2. The van der Waals surface area contributed by atoms with Crippen LogP contribution in [0.2, 0.25) is 0 Å². The van der Waals surface area contributed by atoms with Crippen molar-refractivity contribution in [2.24, 2.45) is 5.73 Å². The average molecular weight is 429 g/mol. The molecule has 1 aliphatic rings. The molecule has 3 N–H and O–H groups in total. The molecule has 8 nitrogen and oxygen atoms in total. The van der Waals surface area contributed by atoms with E-state index in [1.54, 1.807) is 60.7 Å². The van der Waals surface area contributed by atoms with Crippen molar-refractivity contribution in [3.63, 3.8) is 0 Å². The van der Waals surface area contributed by atoms with Gasteiger partial charge in [-0.25, -0.2) is 8.42 Å². The second-order valence-corrected chi connectivity index (χ2v) is 9.34. The van der Waals surface area contributed by atoms with Crippen LogP contribution in [0.4, 0.5) is 0 Å². The fraction of sp³-hybridized carbons (Fsp3) is 0.286. The smallest absolute Gasteiger partial charge is 0.254 e. The molecule has 1 aliphatic heterocycles. The van der Waals surface area contributed by atoms with Crippen LogP contribution in [-0.4, -0.2) is 61.8 Å². The maximum absolute atomic E-state index is 12.5. The van der Waals surface area contributed by atoms with Crippen LogP contribution >= 0.6 is 0 Å². The van der Waals surface area contributed by atoms with E-state index in [1.807, 2.05) is 0 Å². The number of nitrogens with one attached hydrogen (secondary N) is 1. The van der Waals surface area contributed by atoms with Crippen molar-refractivity contribution in [1.82, 2.24) is 10.2 Å². The van der Waals surface area contributed by atoms with E-state index in [-0.39, 0.29) is 30.5 Å². The first-order chi connectivity index (χ1) is 14.2. The lowest BCUT2D eigenvalue weighted by Crippen LogP contribution is -2.51. The molecular formula is C21H23N3O5S. The number of sulfone groups is 1. The zero-order valence-electron chi connectivity index (χ0n) is 16.2. The van der Waals surface area contributed by atoms with Crippen LogP contribution in [0, 0.1) is 0 Å². The molecule has 1 fully saturated rings. The summed E-state index contributed by atoms with van der Waals surface area (Å²) in [5.41, 5.74) is 6.83. The van der Waals surface area contributed by atoms with E-state index in [0.29, 0.717) is 11.1 Å². The monoisotopic (exact) mass is 429 g/mol. The largest absolute Gasteiger partial charge is 0.343 e. The van der Waals surface area contributed by atoms with Crippen molar-refractivity contribution in [2.45, 2.75) is 17.8 Å². The molecule has 2 amide bonds. The van der Waals surface area contributed by atoms with Crippen molar-refractivity contribution >= 4 is 27.4 Å². The van der Waals surface area contributed by atoms with Gasteiger partial charge >= 0.3 is 0 Å². The van der Waals surface area contributed by atoms with Gasteiger partial charge in [0.15, 0.2) is 15.6 Å². The molecule has 1 saturated heterocycles. The third kappa shape index (κ3) is 5.52. The van der Waals surface area contributed by atoms with Gasteiger partial charge in [-0.3, -0.25) is 14.4 Å². The summed E-state index contributed by atoms with van der Waals surface area (Å²) < 4.78 is 24.7. The molecule has 9 heteroatoms. The van der Waals surface area contributed by atoms with E-state index < -0.39 is 33.6 Å². The SMILES string of the molecule is NC(CS(=O)(=O)Cc1ccccc1)C(=O)NC1CN(C(=O)c2ccccc2)CC1=O. The average Bonchev–Trinajstić information content (AvgIpc) is 3.08. The molecule has 3 rings (SSSR count). The van der Waals surface area contributed by atoms with Crippen molar-refractivity contribution < 1.29 is 22.8 Å². The molecule has 2 unspecified atom stereocenters. The molecule has 2 aromatic carbocycles. The normalized spacial score (nSPS) is 17.6. The number of amides is 2. The molecule has 2 atom stereocenters. The summed E-state index contributed by atoms with van der Waals surface area (Å²) in [6.45, 7) is -0.109. The van der Waals surface area contributed by atoms with E-state index in [9.17, 15) is 22.8 Å². The zero-order valence-corrected chi connectivity index (χ0v) is 17.0. The number of rotatable bonds is 7. The Labute approximate surface area is 175 Å². The van der Waals surface area contributed by atoms with Crippen molar-refractivity contribution in [2.75, 3.05) is 18.8 Å². The maximum atomic E-state index is 12.5. The number of nitrogens with two attached hydrogens (primary N) is 1. The van der Waals surface area contributed by atoms with Gasteiger partial charge in [-0.15, -0.1) is 0 Å². The third-order valence-electron chi connectivity index (χ3n) is 4.76. The second-order valence-electron chi connectivity index (χ2n) is 7.23. The Morgan fingerprint density at radius 2 is 1.67 bits per heavy atom. The van der Waals surface area contributed by atoms with Crippen LogP contribution < -0.4 is 11.1 Å². The van der Waals surface area contributed by atoms with Crippen molar-refractivity contribution in [3.8, 4) is 0 Å². The minimum Gasteiger partial charge on any atom is -0.343 e. The lowest BCUT2D eigenvalue weighted by Gasteiger charge is -2.18. The minimum atomic E-state index is -3.62. The Hall–Kier alpha value is -3.04. The molecule has 0 saturated carbocycles. The Kier molecular flexibility index (Phi) is 6.63. The topological polar surface area (TPSA) is 127 Å². The summed E-state index contributed by atoms with van der Waals surface area (Å²) in [7, 11) is -3.62. The fourth-order valence-corrected chi connectivity index (χ4v) is 4.76. The van der Waals surface area contributed by atoms with Crippen LogP contribution in [-0.2, 0) is 25.2 Å². The van der Waals surface area contributed by atoms with Gasteiger partial charge in [0.25, 0.3) is 5.91 Å². The Bertz CT molecular complexity index is 1030. The predicted molar refractivity (Wildman–Crippen MR) is 111 cm³/mol. The van der Waals surface area contributed by atoms with Gasteiger partial charge in [-0.1, -0.05) is 48.5 Å². The van der Waals surface area contributed by atoms with Crippen LogP contribution in [0.1, 0.15) is 15.9 Å². The first-order valence-electron chi connectivity index (χ1n) is 9.42. The lowest BCUT2D eigenvalue weighted by molar-refractivity contribution is -0.126. The molecule has 2 aromatic rings. The molecular weight excluding hydrogens is 406 g/mol. The summed E-state index contributed by atoms with van der Waals surface area (Å²) in [5, 5.41) is 2.48. The van der Waals surface area contributed by atoms with Gasteiger partial charge in [-0.2, -0.15) is 0 Å². The van der Waals surface area contributed by atoms with E-state index in [4.69, 9.17) is 5.73 Å². The third-order valence-corrected chi connectivity index (χ3v) is 6.40. The van der Waals surface area contributed by atoms with Crippen molar-refractivity contribution in [3.05, 3.63) is 71.8 Å². The van der Waals surface area contributed by atoms with Gasteiger partial charge in [-0.05, 0) is 17.7 Å². The summed E-state index contributed by atoms with van der Waals surface area (Å²) in [6.07, 6.45) is 0. The molecule has 0 bridgehead atoms. The Morgan fingerprint density at radius 1 is 1.07 bits per heavy atom. The maximum Gasteiger partial charge on any atom is 0.254 e. The molecule has 0 spiro atoms. The van der Waals surface area contributed by atoms with Gasteiger partial charge in [0.1, 0.15) is 6.04 Å². The molecule has 0 aliphatic carbocycles. The number of Topliss-reactive ketones (excluding diaryl/α,β-unsaturated/α-hetero) is 1. The number of nitrogens with zero attached hydrogens (tertiary/aromatic N) is 1. The highest BCUT2D eigenvalue weighted by Crippen LogP contribution is 2.12. The van der Waals surface area contributed by atoms with Gasteiger partial charge in [0.2, 0.25) is 5.91 Å². The Balaban J connectivity index is 1.56. The standard InChI is InChI=1S/C21H23N3O5S/c22-17(14-30(28,29)13-15-7-3-1-4-8-15)20(26)23-18-11-24(12-19(18)25)21(27)16-9-5-2-6-10-16/h1-10,17-18H,11-14,22H2,(H,23,26). The minimum absolute atomic E-state index is 0.0157. The van der Waals surface area contributed by atoms with E-state index >= 15 is 0 Å². The van der Waals surface area contributed by atoms with Gasteiger partial charge < -0.3 is 16.0 Å². The van der Waals surface area contributed by atoms with E-state index in [0.717, 1.165) is 0 Å². The highest BCUT2D eigenvalue weighted by atomic mass is 32.2. The van der Waals surface area contributed by atoms with E-state index in [1.165, 1.54) is 4.90 Å². The molecule has 158 valence electrons. The van der Waals surface area contributed by atoms with Crippen LogP contribution in [0.5, 0.6) is 0 Å². The summed E-state index contributed by atoms with van der Waals surface area (Å²) in [5.74, 6) is -2.14. The quantitative estimate of drug-likeness (QED) is 0.645. The van der Waals surface area contributed by atoms with Crippen molar-refractivity contribution in [1.29, 1.82) is 0 Å². The Morgan fingerprint density at radius 3 is 2.30 bits per heavy atom. The summed E-state index contributed by atoms with van der Waals surface area (Å²) >= 11 is 0. The molecule has 1 heterocycles. The first kappa shape index (κ1) is 21.7. The highest BCUT2D eigenvalue weighted by Gasteiger charge is 2.36. The predicted octanol–water partition coefficient (Wildman–Crippen LogP) is 0.139. The molecule has 0 radical (unpaired) electrons. The number of carbonyl (C=O) groups is 3. The van der Waals surface area contributed by atoms with E-state index in [2.05, 4.69) is 5.32 Å². The molecule has 30 heavy (non-hydrogen) atoms. The van der Waals surface area contributed by atoms with Crippen LogP contribution in [0.25, 0.3) is 0 Å². The fourth-order valence-electron chi connectivity index (χ4n) is 3.24. The number of hydrogen-bond donors (Lipinski definition) is 2. The number of likely N-dealkylation sites (tertiary alicyclic amines) is 1. The number of benzene rings is 2. The lowest BCUT2D eigenvalue weighted by atomic mass is 10.2. The zero-order chi connectivity index (χ0) is 21.7.